The van der Waals surface area contributed by atoms with Gasteiger partial charge >= 0.3 is 6.09 Å². The Morgan fingerprint density at radius 2 is 1.72 bits per heavy atom. The van der Waals surface area contributed by atoms with Crippen LogP contribution in [0.4, 0.5) is 4.79 Å². The fourth-order valence-corrected chi connectivity index (χ4v) is 1.84. The highest BCUT2D eigenvalue weighted by Gasteiger charge is 2.39. The van der Waals surface area contributed by atoms with Crippen molar-refractivity contribution in [2.75, 3.05) is 7.05 Å². The van der Waals surface area contributed by atoms with Gasteiger partial charge < -0.3 is 10.1 Å². The van der Waals surface area contributed by atoms with E-state index in [-0.39, 0.29) is 11.5 Å². The van der Waals surface area contributed by atoms with Crippen LogP contribution >= 0.6 is 0 Å². The molecular formula is C15H31NO2. The Labute approximate surface area is 113 Å². The number of nitrogens with one attached hydrogen (secondary N) is 1. The van der Waals surface area contributed by atoms with Gasteiger partial charge in [-0.05, 0) is 26.2 Å². The van der Waals surface area contributed by atoms with Crippen LogP contribution in [0.3, 0.4) is 0 Å². The van der Waals surface area contributed by atoms with E-state index >= 15 is 0 Å². The second kappa shape index (κ2) is 7.01. The van der Waals surface area contributed by atoms with Gasteiger partial charge in [-0.25, -0.2) is 4.79 Å². The van der Waals surface area contributed by atoms with Crippen LogP contribution in [0.5, 0.6) is 0 Å². The summed E-state index contributed by atoms with van der Waals surface area (Å²) in [6, 6.07) is 0. The molecule has 0 heterocycles. The fraction of sp³-hybridized carbons (Fsp3) is 0.933. The first-order valence-electron chi connectivity index (χ1n) is 7.03. The predicted molar refractivity (Wildman–Crippen MR) is 76.7 cm³/mol. The van der Waals surface area contributed by atoms with Gasteiger partial charge in [0.2, 0.25) is 0 Å². The lowest BCUT2D eigenvalue weighted by molar-refractivity contribution is -0.0523. The molecule has 0 aliphatic rings. The van der Waals surface area contributed by atoms with E-state index < -0.39 is 5.60 Å². The largest absolute Gasteiger partial charge is 0.443 e. The summed E-state index contributed by atoms with van der Waals surface area (Å²) in [5.41, 5.74) is -0.471. The van der Waals surface area contributed by atoms with Crippen LogP contribution in [0.2, 0.25) is 0 Å². The number of amides is 1. The third kappa shape index (κ3) is 5.74. The maximum absolute atomic E-state index is 11.4. The third-order valence-corrected chi connectivity index (χ3v) is 4.02. The van der Waals surface area contributed by atoms with E-state index in [4.69, 9.17) is 4.74 Å². The van der Waals surface area contributed by atoms with Crippen molar-refractivity contribution in [2.45, 2.75) is 72.8 Å². The molecule has 0 fully saturated rings. The number of hydrogen-bond donors (Lipinski definition) is 1. The normalized spacial score (nSPS) is 12.7. The Hall–Kier alpha value is -0.730. The van der Waals surface area contributed by atoms with Crippen LogP contribution in [0.25, 0.3) is 0 Å². The van der Waals surface area contributed by atoms with E-state index in [2.05, 4.69) is 33.0 Å². The molecule has 0 radical (unpaired) electrons. The SMILES string of the molecule is CNC(=O)OC(C)(C)C(C)(C)CCCCC(C)C. The zero-order valence-corrected chi connectivity index (χ0v) is 13.2. The highest BCUT2D eigenvalue weighted by atomic mass is 16.6. The number of alkyl carbamates (subject to hydrolysis) is 1. The van der Waals surface area contributed by atoms with Crippen molar-refractivity contribution in [1.29, 1.82) is 0 Å². The Balaban J connectivity index is 4.28. The van der Waals surface area contributed by atoms with E-state index in [9.17, 15) is 4.79 Å². The van der Waals surface area contributed by atoms with Gasteiger partial charge in [0.25, 0.3) is 0 Å². The minimum atomic E-state index is -0.453. The first-order valence-corrected chi connectivity index (χ1v) is 7.03. The first kappa shape index (κ1) is 17.3. The summed E-state index contributed by atoms with van der Waals surface area (Å²) < 4.78 is 5.48. The molecule has 0 bridgehead atoms. The summed E-state index contributed by atoms with van der Waals surface area (Å²) in [6.45, 7) is 12.8. The molecule has 0 saturated carbocycles. The lowest BCUT2D eigenvalue weighted by atomic mass is 9.73. The molecule has 0 atom stereocenters. The number of carbonyl (C=O) groups is 1. The summed E-state index contributed by atoms with van der Waals surface area (Å²) in [5.74, 6) is 0.767. The van der Waals surface area contributed by atoms with Crippen LogP contribution < -0.4 is 5.32 Å². The maximum atomic E-state index is 11.4. The molecule has 0 aromatic carbocycles. The van der Waals surface area contributed by atoms with Gasteiger partial charge in [0.15, 0.2) is 0 Å². The number of hydrogen-bond acceptors (Lipinski definition) is 2. The monoisotopic (exact) mass is 257 g/mol. The molecule has 108 valence electrons. The highest BCUT2D eigenvalue weighted by molar-refractivity contribution is 5.67. The van der Waals surface area contributed by atoms with E-state index in [0.29, 0.717) is 0 Å². The summed E-state index contributed by atoms with van der Waals surface area (Å²) >= 11 is 0. The van der Waals surface area contributed by atoms with Crippen LogP contribution in [0, 0.1) is 11.3 Å². The standard InChI is InChI=1S/C15H31NO2/c1-12(2)10-8-9-11-14(3,4)15(5,6)18-13(17)16-7/h12H,8-11H2,1-7H3,(H,16,17). The molecular weight excluding hydrogens is 226 g/mol. The lowest BCUT2D eigenvalue weighted by Crippen LogP contribution is -2.45. The Kier molecular flexibility index (Phi) is 6.72. The van der Waals surface area contributed by atoms with Crippen LogP contribution in [0.15, 0.2) is 0 Å². The molecule has 18 heavy (non-hydrogen) atoms. The first-order chi connectivity index (χ1) is 8.12. The van der Waals surface area contributed by atoms with E-state index in [1.165, 1.54) is 19.3 Å². The number of ether oxygens (including phenoxy) is 1. The minimum Gasteiger partial charge on any atom is -0.443 e. The maximum Gasteiger partial charge on any atom is 0.407 e. The molecule has 0 aromatic rings. The quantitative estimate of drug-likeness (QED) is 0.688. The molecule has 0 spiro atoms. The highest BCUT2D eigenvalue weighted by Crippen LogP contribution is 2.38. The average Bonchev–Trinajstić information content (AvgIpc) is 2.23. The molecule has 3 heteroatoms. The second-order valence-corrected chi connectivity index (χ2v) is 6.67. The molecule has 0 aromatic heterocycles. The number of unbranched alkanes of at least 4 members (excludes halogenated alkanes) is 1. The molecule has 0 aliphatic carbocycles. The van der Waals surface area contributed by atoms with Gasteiger partial charge in [0.1, 0.15) is 5.60 Å². The molecule has 1 amide bonds. The predicted octanol–water partition coefficient (Wildman–Crippen LogP) is 4.36. The van der Waals surface area contributed by atoms with Gasteiger partial charge in [-0.15, -0.1) is 0 Å². The summed E-state index contributed by atoms with van der Waals surface area (Å²) in [6.07, 6.45) is 4.43. The van der Waals surface area contributed by atoms with Crippen LogP contribution in [-0.4, -0.2) is 18.7 Å². The summed E-state index contributed by atoms with van der Waals surface area (Å²) in [5, 5.41) is 2.51. The number of rotatable bonds is 7. The Morgan fingerprint density at radius 3 is 2.17 bits per heavy atom. The third-order valence-electron chi connectivity index (χ3n) is 4.02. The Morgan fingerprint density at radius 1 is 1.17 bits per heavy atom. The van der Waals surface area contributed by atoms with Gasteiger partial charge in [-0.1, -0.05) is 47.0 Å². The van der Waals surface area contributed by atoms with Crippen molar-refractivity contribution in [3.8, 4) is 0 Å². The molecule has 1 N–H and O–H groups in total. The van der Waals surface area contributed by atoms with Crippen LogP contribution in [-0.2, 0) is 4.74 Å². The minimum absolute atomic E-state index is 0.0174. The van der Waals surface area contributed by atoms with E-state index in [1.54, 1.807) is 7.05 Å². The smallest absolute Gasteiger partial charge is 0.407 e. The van der Waals surface area contributed by atoms with Gasteiger partial charge in [-0.3, -0.25) is 0 Å². The van der Waals surface area contributed by atoms with Crippen LogP contribution in [0.1, 0.15) is 67.2 Å². The van der Waals surface area contributed by atoms with E-state index in [1.807, 2.05) is 13.8 Å². The summed E-state index contributed by atoms with van der Waals surface area (Å²) in [4.78, 5) is 11.4. The Bertz CT molecular complexity index is 257. The van der Waals surface area contributed by atoms with Crippen molar-refractivity contribution in [3.63, 3.8) is 0 Å². The van der Waals surface area contributed by atoms with Gasteiger partial charge in [0, 0.05) is 12.5 Å². The summed E-state index contributed by atoms with van der Waals surface area (Å²) in [7, 11) is 1.59. The van der Waals surface area contributed by atoms with Crippen molar-refractivity contribution >= 4 is 6.09 Å². The number of carbonyl (C=O) groups excluding carboxylic acids is 1. The molecule has 0 unspecified atom stereocenters. The van der Waals surface area contributed by atoms with Crippen molar-refractivity contribution in [1.82, 2.24) is 5.32 Å². The topological polar surface area (TPSA) is 38.3 Å². The molecule has 0 rings (SSSR count). The fourth-order valence-electron chi connectivity index (χ4n) is 1.84. The molecule has 0 saturated heterocycles. The van der Waals surface area contributed by atoms with Crippen molar-refractivity contribution < 1.29 is 9.53 Å². The molecule has 3 nitrogen and oxygen atoms in total. The lowest BCUT2D eigenvalue weighted by Gasteiger charge is -2.41. The molecule has 0 aliphatic heterocycles. The second-order valence-electron chi connectivity index (χ2n) is 6.67. The van der Waals surface area contributed by atoms with Gasteiger partial charge in [-0.2, -0.15) is 0 Å². The zero-order chi connectivity index (χ0) is 14.4. The average molecular weight is 257 g/mol. The van der Waals surface area contributed by atoms with Gasteiger partial charge in [0.05, 0.1) is 0 Å². The van der Waals surface area contributed by atoms with Crippen molar-refractivity contribution in [3.05, 3.63) is 0 Å². The van der Waals surface area contributed by atoms with E-state index in [0.717, 1.165) is 12.3 Å². The zero-order valence-electron chi connectivity index (χ0n) is 13.2. The van der Waals surface area contributed by atoms with Crippen molar-refractivity contribution in [2.24, 2.45) is 11.3 Å².